The van der Waals surface area contributed by atoms with Gasteiger partial charge in [-0.25, -0.2) is 4.39 Å². The maximum atomic E-state index is 13.9. The van der Waals surface area contributed by atoms with Crippen molar-refractivity contribution < 1.29 is 14.2 Å². The molecule has 0 amide bonds. The van der Waals surface area contributed by atoms with Crippen molar-refractivity contribution in [3.8, 4) is 5.75 Å². The van der Waals surface area contributed by atoms with Crippen LogP contribution in [0.2, 0.25) is 0 Å². The molecule has 0 spiro atoms. The normalized spacial score (nSPS) is 14.3. The third kappa shape index (κ3) is 4.46. The van der Waals surface area contributed by atoms with Crippen molar-refractivity contribution in [1.29, 1.82) is 0 Å². The molecule has 1 rings (SSSR count). The van der Waals surface area contributed by atoms with Gasteiger partial charge in [-0.15, -0.1) is 0 Å². The summed E-state index contributed by atoms with van der Waals surface area (Å²) >= 11 is 0. The number of aliphatic hydroxyl groups is 1. The number of ether oxygens (including phenoxy) is 1. The molecule has 1 aromatic rings. The fourth-order valence-corrected chi connectivity index (χ4v) is 2.39. The van der Waals surface area contributed by atoms with Crippen molar-refractivity contribution in [3.63, 3.8) is 0 Å². The fourth-order valence-electron chi connectivity index (χ4n) is 2.39. The van der Waals surface area contributed by atoms with E-state index in [-0.39, 0.29) is 17.8 Å². The van der Waals surface area contributed by atoms with E-state index in [2.05, 4.69) is 19.2 Å². The predicted octanol–water partition coefficient (Wildman–Crippen LogP) is 3.28. The molecule has 0 fully saturated rings. The summed E-state index contributed by atoms with van der Waals surface area (Å²) < 4.78 is 18.9. The van der Waals surface area contributed by atoms with Crippen molar-refractivity contribution >= 4 is 0 Å². The average molecular weight is 283 g/mol. The zero-order valence-corrected chi connectivity index (χ0v) is 12.8. The maximum Gasteiger partial charge on any atom is 0.131 e. The lowest BCUT2D eigenvalue weighted by Gasteiger charge is -2.23. The molecule has 2 atom stereocenters. The molecule has 2 N–H and O–H groups in total. The lowest BCUT2D eigenvalue weighted by Crippen LogP contribution is -2.34. The molecule has 0 heterocycles. The van der Waals surface area contributed by atoms with Gasteiger partial charge in [-0.05, 0) is 18.9 Å². The highest BCUT2D eigenvalue weighted by atomic mass is 19.1. The zero-order valence-electron chi connectivity index (χ0n) is 12.8. The third-order valence-corrected chi connectivity index (χ3v) is 3.90. The fraction of sp³-hybridized carbons (Fsp3) is 0.625. The number of hydrogen-bond acceptors (Lipinski definition) is 3. The summed E-state index contributed by atoms with van der Waals surface area (Å²) in [6.45, 7) is 6.51. The maximum absolute atomic E-state index is 13.9. The Balaban J connectivity index is 2.60. The largest absolute Gasteiger partial charge is 0.497 e. The zero-order chi connectivity index (χ0) is 15.1. The monoisotopic (exact) mass is 283 g/mol. The van der Waals surface area contributed by atoms with Crippen molar-refractivity contribution in [1.82, 2.24) is 5.32 Å². The van der Waals surface area contributed by atoms with Gasteiger partial charge in [-0.1, -0.05) is 32.8 Å². The molecule has 0 saturated heterocycles. The highest BCUT2D eigenvalue weighted by Gasteiger charge is 2.17. The molecular weight excluding hydrogens is 257 g/mol. The summed E-state index contributed by atoms with van der Waals surface area (Å²) in [6.07, 6.45) is 1.50. The van der Waals surface area contributed by atoms with Crippen LogP contribution < -0.4 is 10.1 Å². The van der Waals surface area contributed by atoms with E-state index >= 15 is 0 Å². The summed E-state index contributed by atoms with van der Waals surface area (Å²) in [7, 11) is 1.52. The lowest BCUT2D eigenvalue weighted by atomic mass is 9.96. The molecule has 20 heavy (non-hydrogen) atoms. The molecule has 0 radical (unpaired) electrons. The quantitative estimate of drug-likeness (QED) is 0.769. The Labute approximate surface area is 121 Å². The average Bonchev–Trinajstić information content (AvgIpc) is 2.45. The summed E-state index contributed by atoms with van der Waals surface area (Å²) in [5.41, 5.74) is 0.586. The number of halogens is 1. The molecule has 114 valence electrons. The van der Waals surface area contributed by atoms with E-state index in [0.717, 1.165) is 12.8 Å². The molecule has 0 aliphatic heterocycles. The van der Waals surface area contributed by atoms with Crippen molar-refractivity contribution in [3.05, 3.63) is 29.6 Å². The van der Waals surface area contributed by atoms with Crippen molar-refractivity contribution in [2.24, 2.45) is 5.92 Å². The van der Waals surface area contributed by atoms with Gasteiger partial charge in [-0.2, -0.15) is 0 Å². The van der Waals surface area contributed by atoms with E-state index in [0.29, 0.717) is 17.9 Å². The first-order valence-electron chi connectivity index (χ1n) is 7.28. The minimum atomic E-state index is -0.395. The molecule has 3 nitrogen and oxygen atoms in total. The minimum absolute atomic E-state index is 0.148. The van der Waals surface area contributed by atoms with Gasteiger partial charge in [0.1, 0.15) is 11.6 Å². The van der Waals surface area contributed by atoms with Gasteiger partial charge in [0.05, 0.1) is 13.2 Å². The Morgan fingerprint density at radius 3 is 2.45 bits per heavy atom. The van der Waals surface area contributed by atoms with Crippen LogP contribution in [-0.2, 0) is 0 Å². The van der Waals surface area contributed by atoms with Gasteiger partial charge < -0.3 is 15.2 Å². The van der Waals surface area contributed by atoms with Crippen molar-refractivity contribution in [2.45, 2.75) is 45.8 Å². The number of aliphatic hydroxyl groups excluding tert-OH is 1. The predicted molar refractivity (Wildman–Crippen MR) is 79.4 cm³/mol. The molecule has 0 aliphatic carbocycles. The molecule has 1 aromatic carbocycles. The van der Waals surface area contributed by atoms with E-state index in [4.69, 9.17) is 4.74 Å². The van der Waals surface area contributed by atoms with Crippen molar-refractivity contribution in [2.75, 3.05) is 13.7 Å². The molecule has 4 heteroatoms. The van der Waals surface area contributed by atoms with Crippen LogP contribution in [0.4, 0.5) is 4.39 Å². The van der Waals surface area contributed by atoms with Gasteiger partial charge in [-0.3, -0.25) is 0 Å². The number of rotatable bonds is 8. The second-order valence-electron chi connectivity index (χ2n) is 5.16. The van der Waals surface area contributed by atoms with Gasteiger partial charge in [0.15, 0.2) is 0 Å². The Morgan fingerprint density at radius 1 is 1.30 bits per heavy atom. The number of hydrogen-bond donors (Lipinski definition) is 2. The van der Waals surface area contributed by atoms with Crippen LogP contribution in [0.15, 0.2) is 18.2 Å². The molecule has 0 aromatic heterocycles. The SMILES string of the molecule is CCC(CC)C(O)CNC(C)c1ccc(OC)cc1F. The molecular formula is C16H26FNO2. The third-order valence-electron chi connectivity index (χ3n) is 3.90. The Bertz CT molecular complexity index is 407. The minimum Gasteiger partial charge on any atom is -0.497 e. The first-order chi connectivity index (χ1) is 9.53. The van der Waals surface area contributed by atoms with Gasteiger partial charge in [0.2, 0.25) is 0 Å². The van der Waals surface area contributed by atoms with Gasteiger partial charge >= 0.3 is 0 Å². The topological polar surface area (TPSA) is 41.5 Å². The van der Waals surface area contributed by atoms with Crippen LogP contribution in [-0.4, -0.2) is 24.9 Å². The van der Waals surface area contributed by atoms with E-state index in [1.54, 1.807) is 12.1 Å². The Morgan fingerprint density at radius 2 is 1.95 bits per heavy atom. The summed E-state index contributed by atoms with van der Waals surface area (Å²) in [5, 5.41) is 13.3. The summed E-state index contributed by atoms with van der Waals surface area (Å²) in [6, 6.07) is 4.69. The second kappa shape index (κ2) is 8.22. The second-order valence-corrected chi connectivity index (χ2v) is 5.16. The van der Waals surface area contributed by atoms with Crippen LogP contribution in [0, 0.1) is 11.7 Å². The van der Waals surface area contributed by atoms with Gasteiger partial charge in [0, 0.05) is 24.2 Å². The number of benzene rings is 1. The van der Waals surface area contributed by atoms with E-state index in [1.807, 2.05) is 6.92 Å². The highest BCUT2D eigenvalue weighted by molar-refractivity contribution is 5.30. The number of methoxy groups -OCH3 is 1. The number of nitrogens with one attached hydrogen (secondary N) is 1. The van der Waals surface area contributed by atoms with Crippen LogP contribution in [0.5, 0.6) is 5.75 Å². The van der Waals surface area contributed by atoms with Gasteiger partial charge in [0.25, 0.3) is 0 Å². The van der Waals surface area contributed by atoms with Crippen LogP contribution in [0.3, 0.4) is 0 Å². The molecule has 0 aliphatic rings. The first kappa shape index (κ1) is 16.9. The first-order valence-corrected chi connectivity index (χ1v) is 7.28. The Hall–Kier alpha value is -1.13. The van der Waals surface area contributed by atoms with Crippen LogP contribution >= 0.6 is 0 Å². The van der Waals surface area contributed by atoms with E-state index < -0.39 is 6.10 Å². The summed E-state index contributed by atoms with van der Waals surface area (Å²) in [5.74, 6) is 0.507. The smallest absolute Gasteiger partial charge is 0.131 e. The lowest BCUT2D eigenvalue weighted by molar-refractivity contribution is 0.0987. The van der Waals surface area contributed by atoms with E-state index in [1.165, 1.54) is 13.2 Å². The standard InChI is InChI=1S/C16H26FNO2/c1-5-12(6-2)16(19)10-18-11(3)14-8-7-13(20-4)9-15(14)17/h7-9,11-12,16,18-19H,5-6,10H2,1-4H3. The van der Waals surface area contributed by atoms with Crippen LogP contribution in [0.1, 0.15) is 45.2 Å². The molecule has 0 bridgehead atoms. The summed E-state index contributed by atoms with van der Waals surface area (Å²) in [4.78, 5) is 0. The van der Waals surface area contributed by atoms with Crippen LogP contribution in [0.25, 0.3) is 0 Å². The Kier molecular flexibility index (Phi) is 6.96. The molecule has 2 unspecified atom stereocenters. The highest BCUT2D eigenvalue weighted by Crippen LogP contribution is 2.22. The molecule has 0 saturated carbocycles. The van der Waals surface area contributed by atoms with E-state index in [9.17, 15) is 9.50 Å².